The highest BCUT2D eigenvalue weighted by Crippen LogP contribution is 2.21. The number of nitrogens with zero attached hydrogens (tertiary/aromatic N) is 2. The number of aryl methyl sites for hydroxylation is 2. The van der Waals surface area contributed by atoms with Crippen LogP contribution in [0.1, 0.15) is 42.0 Å². The van der Waals surface area contributed by atoms with Crippen LogP contribution in [0.2, 0.25) is 0 Å². The number of benzene rings is 3. The predicted octanol–water partition coefficient (Wildman–Crippen LogP) is 4.63. The molecule has 2 amide bonds. The minimum Gasteiger partial charge on any atom is -0.354 e. The number of carbonyl (C=O) groups excluding carboxylic acids is 2. The van der Waals surface area contributed by atoms with E-state index < -0.39 is 28.5 Å². The number of hydrogen-bond donors (Lipinski definition) is 1. The second-order valence-corrected chi connectivity index (χ2v) is 11.9. The molecule has 8 heteroatoms. The standard InChI is InChI=1S/C31H39N3O4S/c1-5-6-19-32-31(36)29(21-26-12-8-7-9-13-26)33(22-27-14-10-11-25(3)20-27)30(35)23-34(39(4,37)38)28-17-15-24(2)16-18-28/h7-18,20,29H,5-6,19,21-23H2,1-4H3,(H,32,36)/t29-/m0/s1. The number of carbonyl (C=O) groups is 2. The summed E-state index contributed by atoms with van der Waals surface area (Å²) in [5, 5.41) is 2.99. The van der Waals surface area contributed by atoms with Gasteiger partial charge in [-0.15, -0.1) is 0 Å². The zero-order chi connectivity index (χ0) is 28.4. The van der Waals surface area contributed by atoms with Crippen LogP contribution < -0.4 is 9.62 Å². The molecule has 0 aromatic heterocycles. The van der Waals surface area contributed by atoms with Crippen molar-refractivity contribution in [1.82, 2.24) is 10.2 Å². The molecule has 0 aliphatic rings. The van der Waals surface area contributed by atoms with Crippen LogP contribution in [0.15, 0.2) is 78.9 Å². The third-order valence-electron chi connectivity index (χ3n) is 6.54. The van der Waals surface area contributed by atoms with E-state index in [4.69, 9.17) is 0 Å². The summed E-state index contributed by atoms with van der Waals surface area (Å²) in [6.07, 6.45) is 3.14. The van der Waals surface area contributed by atoms with E-state index in [0.29, 0.717) is 18.7 Å². The number of sulfonamides is 1. The minimum absolute atomic E-state index is 0.171. The number of amides is 2. The quantitative estimate of drug-likeness (QED) is 0.315. The molecule has 39 heavy (non-hydrogen) atoms. The van der Waals surface area contributed by atoms with E-state index in [1.807, 2.05) is 87.5 Å². The topological polar surface area (TPSA) is 86.8 Å². The largest absolute Gasteiger partial charge is 0.354 e. The Kier molecular flexibility index (Phi) is 10.7. The lowest BCUT2D eigenvalue weighted by Crippen LogP contribution is -2.53. The Morgan fingerprint density at radius 3 is 2.15 bits per heavy atom. The van der Waals surface area contributed by atoms with Gasteiger partial charge < -0.3 is 10.2 Å². The monoisotopic (exact) mass is 549 g/mol. The Morgan fingerprint density at radius 1 is 0.872 bits per heavy atom. The summed E-state index contributed by atoms with van der Waals surface area (Å²) in [5.41, 5.74) is 4.19. The van der Waals surface area contributed by atoms with Crippen LogP contribution in [0.25, 0.3) is 0 Å². The highest BCUT2D eigenvalue weighted by atomic mass is 32.2. The molecular weight excluding hydrogens is 510 g/mol. The van der Waals surface area contributed by atoms with E-state index in [2.05, 4.69) is 5.32 Å². The summed E-state index contributed by atoms with van der Waals surface area (Å²) in [4.78, 5) is 29.1. The second-order valence-electron chi connectivity index (χ2n) is 9.97. The molecule has 7 nitrogen and oxygen atoms in total. The number of nitrogens with one attached hydrogen (secondary N) is 1. The molecule has 0 unspecified atom stereocenters. The smallest absolute Gasteiger partial charge is 0.244 e. The fraction of sp³-hybridized carbons (Fsp3) is 0.355. The van der Waals surface area contributed by atoms with Crippen molar-refractivity contribution in [2.75, 3.05) is 23.7 Å². The van der Waals surface area contributed by atoms with Crippen molar-refractivity contribution in [3.63, 3.8) is 0 Å². The fourth-order valence-corrected chi connectivity index (χ4v) is 5.24. The molecule has 0 aliphatic carbocycles. The molecule has 1 N–H and O–H groups in total. The molecule has 0 radical (unpaired) electrons. The van der Waals surface area contributed by atoms with Gasteiger partial charge in [0.15, 0.2) is 0 Å². The van der Waals surface area contributed by atoms with Gasteiger partial charge in [0.25, 0.3) is 0 Å². The van der Waals surface area contributed by atoms with E-state index in [9.17, 15) is 18.0 Å². The maximum absolute atomic E-state index is 14.0. The van der Waals surface area contributed by atoms with E-state index >= 15 is 0 Å². The third-order valence-corrected chi connectivity index (χ3v) is 7.68. The summed E-state index contributed by atoms with van der Waals surface area (Å²) in [7, 11) is -3.78. The molecule has 0 heterocycles. The summed E-state index contributed by atoms with van der Waals surface area (Å²) in [6.45, 7) is 6.19. The van der Waals surface area contributed by atoms with Crippen LogP contribution in [0.4, 0.5) is 5.69 Å². The molecule has 208 valence electrons. The van der Waals surface area contributed by atoms with Crippen LogP contribution in [0.3, 0.4) is 0 Å². The van der Waals surface area contributed by atoms with Crippen LogP contribution >= 0.6 is 0 Å². The molecule has 0 bridgehead atoms. The van der Waals surface area contributed by atoms with Crippen molar-refractivity contribution in [3.05, 3.63) is 101 Å². The lowest BCUT2D eigenvalue weighted by Gasteiger charge is -2.33. The van der Waals surface area contributed by atoms with Gasteiger partial charge in [0.05, 0.1) is 11.9 Å². The molecule has 1 atom stereocenters. The molecule has 3 rings (SSSR count). The average molecular weight is 550 g/mol. The lowest BCUT2D eigenvalue weighted by atomic mass is 10.0. The normalized spacial score (nSPS) is 12.0. The van der Waals surface area contributed by atoms with E-state index in [1.54, 1.807) is 12.1 Å². The van der Waals surface area contributed by atoms with E-state index in [1.165, 1.54) is 4.90 Å². The Morgan fingerprint density at radius 2 is 1.54 bits per heavy atom. The maximum Gasteiger partial charge on any atom is 0.244 e. The molecule has 0 saturated heterocycles. The molecule has 0 saturated carbocycles. The zero-order valence-electron chi connectivity index (χ0n) is 23.3. The van der Waals surface area contributed by atoms with Crippen LogP contribution in [0, 0.1) is 13.8 Å². The second kappa shape index (κ2) is 13.9. The van der Waals surface area contributed by atoms with Crippen molar-refractivity contribution in [2.24, 2.45) is 0 Å². The Balaban J connectivity index is 2.02. The summed E-state index contributed by atoms with van der Waals surface area (Å²) < 4.78 is 26.7. The number of unbranched alkanes of at least 4 members (excludes halogenated alkanes) is 1. The minimum atomic E-state index is -3.78. The molecule has 0 aliphatic heterocycles. The Bertz CT molecular complexity index is 1340. The van der Waals surface area contributed by atoms with Crippen LogP contribution in [-0.2, 0) is 32.6 Å². The summed E-state index contributed by atoms with van der Waals surface area (Å²) in [5.74, 6) is -0.705. The highest BCUT2D eigenvalue weighted by molar-refractivity contribution is 7.92. The SMILES string of the molecule is CCCCNC(=O)[C@H](Cc1ccccc1)N(Cc1cccc(C)c1)C(=O)CN(c1ccc(C)cc1)S(C)(=O)=O. The number of anilines is 1. The first kappa shape index (κ1) is 29.9. The number of hydrogen-bond acceptors (Lipinski definition) is 4. The summed E-state index contributed by atoms with van der Waals surface area (Å²) >= 11 is 0. The predicted molar refractivity (Wildman–Crippen MR) is 157 cm³/mol. The van der Waals surface area contributed by atoms with Crippen molar-refractivity contribution in [2.45, 2.75) is 52.6 Å². The van der Waals surface area contributed by atoms with Gasteiger partial charge in [-0.2, -0.15) is 0 Å². The van der Waals surface area contributed by atoms with Crippen molar-refractivity contribution in [1.29, 1.82) is 0 Å². The Labute approximate surface area is 232 Å². The fourth-order valence-electron chi connectivity index (χ4n) is 4.39. The third kappa shape index (κ3) is 8.96. The molecule has 0 spiro atoms. The molecule has 0 fully saturated rings. The van der Waals surface area contributed by atoms with Gasteiger partial charge >= 0.3 is 0 Å². The van der Waals surface area contributed by atoms with Gasteiger partial charge in [-0.05, 0) is 43.5 Å². The first-order valence-corrected chi connectivity index (χ1v) is 15.1. The van der Waals surface area contributed by atoms with Gasteiger partial charge in [0, 0.05) is 19.5 Å². The van der Waals surface area contributed by atoms with Gasteiger partial charge in [-0.25, -0.2) is 8.42 Å². The van der Waals surface area contributed by atoms with Crippen molar-refractivity contribution < 1.29 is 18.0 Å². The maximum atomic E-state index is 14.0. The molecule has 3 aromatic carbocycles. The first-order chi connectivity index (χ1) is 18.6. The number of rotatable bonds is 13. The van der Waals surface area contributed by atoms with Gasteiger partial charge in [-0.1, -0.05) is 91.2 Å². The van der Waals surface area contributed by atoms with Crippen LogP contribution in [0.5, 0.6) is 0 Å². The van der Waals surface area contributed by atoms with Crippen molar-refractivity contribution >= 4 is 27.5 Å². The van der Waals surface area contributed by atoms with Gasteiger partial charge in [0.1, 0.15) is 12.6 Å². The first-order valence-electron chi connectivity index (χ1n) is 13.3. The molecular formula is C31H39N3O4S. The van der Waals surface area contributed by atoms with E-state index in [-0.39, 0.29) is 12.5 Å². The van der Waals surface area contributed by atoms with Crippen molar-refractivity contribution in [3.8, 4) is 0 Å². The Hall–Kier alpha value is -3.65. The lowest BCUT2D eigenvalue weighted by molar-refractivity contribution is -0.140. The van der Waals surface area contributed by atoms with Crippen LogP contribution in [-0.4, -0.2) is 50.5 Å². The zero-order valence-corrected chi connectivity index (χ0v) is 24.1. The molecule has 3 aromatic rings. The average Bonchev–Trinajstić information content (AvgIpc) is 2.90. The summed E-state index contributed by atoms with van der Waals surface area (Å²) in [6, 6.07) is 23.5. The van der Waals surface area contributed by atoms with Gasteiger partial charge in [0.2, 0.25) is 21.8 Å². The van der Waals surface area contributed by atoms with Gasteiger partial charge in [-0.3, -0.25) is 13.9 Å². The van der Waals surface area contributed by atoms with E-state index in [0.717, 1.165) is 45.7 Å². The highest BCUT2D eigenvalue weighted by Gasteiger charge is 2.33.